The van der Waals surface area contributed by atoms with Gasteiger partial charge in [-0.15, -0.1) is 0 Å². The molecule has 0 unspecified atom stereocenters. The number of rotatable bonds is 6. The summed E-state index contributed by atoms with van der Waals surface area (Å²) in [5.41, 5.74) is 5.55. The topological polar surface area (TPSA) is 65.1 Å². The van der Waals surface area contributed by atoms with E-state index in [1.54, 1.807) is 10.8 Å². The van der Waals surface area contributed by atoms with Crippen LogP contribution in [0, 0.1) is 6.92 Å². The van der Waals surface area contributed by atoms with Gasteiger partial charge in [0.05, 0.1) is 29.8 Å². The monoisotopic (exact) mass is 496 g/mol. The Morgan fingerprint density at radius 2 is 1.83 bits per heavy atom. The lowest BCUT2D eigenvalue weighted by molar-refractivity contribution is 0.102. The van der Waals surface area contributed by atoms with Crippen molar-refractivity contribution in [3.05, 3.63) is 105 Å². The first-order valence-electron chi connectivity index (χ1n) is 12.5. The number of aromatic nitrogens is 2. The van der Waals surface area contributed by atoms with Crippen molar-refractivity contribution in [1.82, 2.24) is 9.55 Å². The van der Waals surface area contributed by atoms with Crippen LogP contribution in [-0.2, 0) is 18.4 Å². The van der Waals surface area contributed by atoms with Gasteiger partial charge in [-0.05, 0) is 43.9 Å². The maximum atomic E-state index is 14.3. The van der Waals surface area contributed by atoms with Gasteiger partial charge in [-0.3, -0.25) is 14.2 Å². The molecule has 0 N–H and O–H groups in total. The summed E-state index contributed by atoms with van der Waals surface area (Å²) in [6.07, 6.45) is 6.76. The van der Waals surface area contributed by atoms with Crippen LogP contribution in [0.4, 0.5) is 0 Å². The largest absolute Gasteiger partial charge is 0.467 e. The molecule has 6 rings (SSSR count). The number of Topliss-reactive ketones (excluding diaryl/α,β-unsaturated/α-hetero) is 1. The molecule has 0 saturated heterocycles. The molecule has 1 saturated carbocycles. The number of nitrogens with zero attached hydrogens (tertiary/aromatic N) is 2. The smallest absolute Gasteiger partial charge is 0.258 e. The standard InChI is InChI=1S/C30H28N2O3S/c1-20-10-12-21(13-11-20)25(33)19-36-29-31-27-24-9-3-2-7-22(24)17-30(14-4-5-15-30)26(27)28(34)32(29)18-23-8-6-16-35-23/h2-3,6-13,16H,4-5,14-15,17-19H2,1H3. The minimum atomic E-state index is -0.167. The third-order valence-electron chi connectivity index (χ3n) is 7.63. The van der Waals surface area contributed by atoms with Crippen LogP contribution < -0.4 is 5.56 Å². The molecule has 182 valence electrons. The molecule has 0 aliphatic heterocycles. The van der Waals surface area contributed by atoms with E-state index in [1.165, 1.54) is 17.3 Å². The molecule has 2 aromatic heterocycles. The molecule has 0 radical (unpaired) electrons. The highest BCUT2D eigenvalue weighted by atomic mass is 32.2. The minimum absolute atomic E-state index is 0.00177. The fourth-order valence-electron chi connectivity index (χ4n) is 5.81. The quantitative estimate of drug-likeness (QED) is 0.181. The highest BCUT2D eigenvalue weighted by Crippen LogP contribution is 2.50. The van der Waals surface area contributed by atoms with Crippen LogP contribution in [0.3, 0.4) is 0 Å². The Kier molecular flexibility index (Phi) is 5.92. The van der Waals surface area contributed by atoms with Crippen LogP contribution >= 0.6 is 11.8 Å². The van der Waals surface area contributed by atoms with Crippen molar-refractivity contribution in [1.29, 1.82) is 0 Å². The van der Waals surface area contributed by atoms with Gasteiger partial charge < -0.3 is 4.42 Å². The number of thioether (sulfide) groups is 1. The van der Waals surface area contributed by atoms with Crippen molar-refractivity contribution in [2.24, 2.45) is 0 Å². The first-order valence-corrected chi connectivity index (χ1v) is 13.5. The lowest BCUT2D eigenvalue weighted by atomic mass is 9.68. The third kappa shape index (κ3) is 4.03. The predicted molar refractivity (Wildman–Crippen MR) is 142 cm³/mol. The summed E-state index contributed by atoms with van der Waals surface area (Å²) >= 11 is 1.33. The summed E-state index contributed by atoms with van der Waals surface area (Å²) in [6.45, 7) is 2.30. The van der Waals surface area contributed by atoms with E-state index in [9.17, 15) is 9.59 Å². The van der Waals surface area contributed by atoms with E-state index < -0.39 is 0 Å². The average Bonchev–Trinajstić information content (AvgIpc) is 3.57. The molecule has 36 heavy (non-hydrogen) atoms. The number of carbonyl (C=O) groups is 1. The molecule has 2 aliphatic rings. The van der Waals surface area contributed by atoms with Crippen molar-refractivity contribution in [3.8, 4) is 11.3 Å². The van der Waals surface area contributed by atoms with Gasteiger partial charge in [0.25, 0.3) is 5.56 Å². The zero-order valence-corrected chi connectivity index (χ0v) is 21.1. The minimum Gasteiger partial charge on any atom is -0.467 e. The van der Waals surface area contributed by atoms with Crippen molar-refractivity contribution in [2.75, 3.05) is 5.75 Å². The number of ketones is 1. The number of hydrogen-bond acceptors (Lipinski definition) is 5. The number of furan rings is 1. The number of aryl methyl sites for hydroxylation is 1. The summed E-state index contributed by atoms with van der Waals surface area (Å²) in [6, 6.07) is 19.6. The molecule has 4 aromatic rings. The van der Waals surface area contributed by atoms with Gasteiger partial charge in [0.2, 0.25) is 0 Å². The van der Waals surface area contributed by atoms with E-state index in [1.807, 2.05) is 49.4 Å². The van der Waals surface area contributed by atoms with Crippen LogP contribution in [0.25, 0.3) is 11.3 Å². The highest BCUT2D eigenvalue weighted by Gasteiger charge is 2.44. The predicted octanol–water partition coefficient (Wildman–Crippen LogP) is 6.20. The normalized spacial score (nSPS) is 15.6. The third-order valence-corrected chi connectivity index (χ3v) is 8.60. The highest BCUT2D eigenvalue weighted by molar-refractivity contribution is 7.99. The molecule has 6 heteroatoms. The van der Waals surface area contributed by atoms with Gasteiger partial charge in [0.1, 0.15) is 5.76 Å². The molecule has 5 nitrogen and oxygen atoms in total. The van der Waals surface area contributed by atoms with Crippen LogP contribution in [0.2, 0.25) is 0 Å². The molecule has 1 fully saturated rings. The number of hydrogen-bond donors (Lipinski definition) is 0. The molecule has 0 bridgehead atoms. The number of fused-ring (bicyclic) bond motifs is 4. The molecular formula is C30H28N2O3S. The first kappa shape index (κ1) is 23.0. The van der Waals surface area contributed by atoms with E-state index in [4.69, 9.17) is 9.40 Å². The van der Waals surface area contributed by atoms with E-state index in [0.717, 1.165) is 54.5 Å². The molecule has 1 spiro atoms. The van der Waals surface area contributed by atoms with Gasteiger partial charge in [0, 0.05) is 16.5 Å². The van der Waals surface area contributed by atoms with Crippen LogP contribution in [0.15, 0.2) is 81.3 Å². The maximum Gasteiger partial charge on any atom is 0.258 e. The lowest BCUT2D eigenvalue weighted by Gasteiger charge is -2.36. The number of benzene rings is 2. The fourth-order valence-corrected chi connectivity index (χ4v) is 6.69. The first-order chi connectivity index (χ1) is 17.5. The van der Waals surface area contributed by atoms with Crippen molar-refractivity contribution in [2.45, 2.75) is 56.1 Å². The van der Waals surface area contributed by atoms with Gasteiger partial charge in [-0.2, -0.15) is 0 Å². The second-order valence-corrected chi connectivity index (χ2v) is 10.9. The lowest BCUT2D eigenvalue weighted by Crippen LogP contribution is -2.40. The van der Waals surface area contributed by atoms with Crippen LogP contribution in [-0.4, -0.2) is 21.1 Å². The Balaban J connectivity index is 1.46. The van der Waals surface area contributed by atoms with Crippen molar-refractivity contribution < 1.29 is 9.21 Å². The summed E-state index contributed by atoms with van der Waals surface area (Å²) in [5.74, 6) is 0.922. The molecule has 2 heterocycles. The summed E-state index contributed by atoms with van der Waals surface area (Å²) in [4.78, 5) is 32.4. The average molecular weight is 497 g/mol. The van der Waals surface area contributed by atoms with Gasteiger partial charge >= 0.3 is 0 Å². The molecule has 2 aliphatic carbocycles. The summed E-state index contributed by atoms with van der Waals surface area (Å²) < 4.78 is 7.33. The van der Waals surface area contributed by atoms with E-state index in [0.29, 0.717) is 23.0 Å². The SMILES string of the molecule is Cc1ccc(C(=O)CSc2nc3c(c(=O)n2Cc2ccco2)C2(CCCC2)Cc2ccccc2-3)cc1. The zero-order chi connectivity index (χ0) is 24.7. The van der Waals surface area contributed by atoms with Crippen LogP contribution in [0.5, 0.6) is 0 Å². The second kappa shape index (κ2) is 9.25. The Labute approximate surface area is 214 Å². The molecular weight excluding hydrogens is 468 g/mol. The van der Waals surface area contributed by atoms with E-state index in [2.05, 4.69) is 18.2 Å². The molecule has 0 amide bonds. The van der Waals surface area contributed by atoms with Crippen LogP contribution in [0.1, 0.15) is 58.5 Å². The fraction of sp³-hybridized carbons (Fsp3) is 0.300. The van der Waals surface area contributed by atoms with E-state index in [-0.39, 0.29) is 22.5 Å². The molecule has 2 aromatic carbocycles. The zero-order valence-electron chi connectivity index (χ0n) is 20.3. The summed E-state index contributed by atoms with van der Waals surface area (Å²) in [7, 11) is 0. The number of carbonyl (C=O) groups excluding carboxylic acids is 1. The Morgan fingerprint density at radius 3 is 2.58 bits per heavy atom. The van der Waals surface area contributed by atoms with Gasteiger partial charge in [-0.1, -0.05) is 78.7 Å². The molecule has 0 atom stereocenters. The summed E-state index contributed by atoms with van der Waals surface area (Å²) in [5, 5.41) is 0.556. The Morgan fingerprint density at radius 1 is 1.06 bits per heavy atom. The second-order valence-electron chi connectivity index (χ2n) is 9.99. The van der Waals surface area contributed by atoms with Crippen molar-refractivity contribution in [3.63, 3.8) is 0 Å². The van der Waals surface area contributed by atoms with Crippen molar-refractivity contribution >= 4 is 17.5 Å². The Hall–Kier alpha value is -3.38. The van der Waals surface area contributed by atoms with Gasteiger partial charge in [0.15, 0.2) is 10.9 Å². The Bertz CT molecular complexity index is 1480. The van der Waals surface area contributed by atoms with E-state index >= 15 is 0 Å². The maximum absolute atomic E-state index is 14.3. The van der Waals surface area contributed by atoms with Gasteiger partial charge in [-0.25, -0.2) is 4.98 Å².